The maximum Gasteiger partial charge on any atom is 0.282 e. The number of hydrogen-bond donors (Lipinski definition) is 1. The minimum Gasteiger partial charge on any atom is -0.314 e. The van der Waals surface area contributed by atoms with Crippen molar-refractivity contribution < 1.29 is 8.42 Å². The summed E-state index contributed by atoms with van der Waals surface area (Å²) in [6, 6.07) is 0. The lowest BCUT2D eigenvalue weighted by Crippen LogP contribution is -2.50. The van der Waals surface area contributed by atoms with Crippen LogP contribution >= 0.6 is 11.3 Å². The second-order valence-electron chi connectivity index (χ2n) is 3.89. The van der Waals surface area contributed by atoms with E-state index in [0.29, 0.717) is 32.7 Å². The van der Waals surface area contributed by atoms with E-state index in [1.165, 1.54) is 19.9 Å². The molecule has 2 rings (SSSR count). The van der Waals surface area contributed by atoms with Gasteiger partial charge in [0.1, 0.15) is 0 Å². The fourth-order valence-electron chi connectivity index (χ4n) is 1.70. The van der Waals surface area contributed by atoms with Crippen LogP contribution in [0.2, 0.25) is 0 Å². The van der Waals surface area contributed by atoms with Crippen LogP contribution in [0.25, 0.3) is 0 Å². The number of rotatable bonds is 4. The molecular weight excluding hydrogens is 260 g/mol. The van der Waals surface area contributed by atoms with Crippen LogP contribution in [-0.2, 0) is 16.8 Å². The highest BCUT2D eigenvalue weighted by Gasteiger charge is 2.28. The first-order valence-electron chi connectivity index (χ1n) is 5.40. The summed E-state index contributed by atoms with van der Waals surface area (Å²) in [4.78, 5) is 4.10. The summed E-state index contributed by atoms with van der Waals surface area (Å²) in [5, 5.41) is 5.00. The maximum atomic E-state index is 12.2. The highest BCUT2D eigenvalue weighted by atomic mass is 32.2. The van der Waals surface area contributed by atoms with Crippen molar-refractivity contribution in [1.29, 1.82) is 0 Å². The summed E-state index contributed by atoms with van der Waals surface area (Å²) < 4.78 is 27.3. The number of hydrogen-bond acceptors (Lipinski definition) is 5. The molecule has 0 atom stereocenters. The van der Waals surface area contributed by atoms with Gasteiger partial charge < -0.3 is 5.32 Å². The summed E-state index contributed by atoms with van der Waals surface area (Å²) in [6.07, 6.45) is 0. The van der Waals surface area contributed by atoms with Gasteiger partial charge in [0, 0.05) is 38.6 Å². The van der Waals surface area contributed by atoms with Crippen LogP contribution in [-0.4, -0.2) is 55.2 Å². The zero-order chi connectivity index (χ0) is 12.3. The Morgan fingerprint density at radius 2 is 2.24 bits per heavy atom. The molecule has 0 unspecified atom stereocenters. The van der Waals surface area contributed by atoms with Crippen molar-refractivity contribution in [3.63, 3.8) is 0 Å². The van der Waals surface area contributed by atoms with E-state index in [0.717, 1.165) is 5.69 Å². The number of thiazole rings is 1. The van der Waals surface area contributed by atoms with Crippen molar-refractivity contribution in [2.24, 2.45) is 0 Å². The highest BCUT2D eigenvalue weighted by Crippen LogP contribution is 2.12. The van der Waals surface area contributed by atoms with Crippen LogP contribution in [0.5, 0.6) is 0 Å². The lowest BCUT2D eigenvalue weighted by Gasteiger charge is -2.30. The molecular formula is C9H16N4O2S2. The summed E-state index contributed by atoms with van der Waals surface area (Å²) in [5.74, 6) is 0. The molecule has 1 aliphatic rings. The van der Waals surface area contributed by atoms with Gasteiger partial charge in [0.2, 0.25) is 0 Å². The molecule has 1 fully saturated rings. The molecule has 0 spiro atoms. The van der Waals surface area contributed by atoms with Gasteiger partial charge in [-0.15, -0.1) is 11.3 Å². The first-order chi connectivity index (χ1) is 8.10. The normalized spacial score (nSPS) is 18.7. The molecule has 6 nitrogen and oxygen atoms in total. The Morgan fingerprint density at radius 1 is 1.53 bits per heavy atom. The van der Waals surface area contributed by atoms with Gasteiger partial charge in [0.25, 0.3) is 10.2 Å². The second kappa shape index (κ2) is 5.40. The van der Waals surface area contributed by atoms with Crippen molar-refractivity contribution in [1.82, 2.24) is 18.9 Å². The van der Waals surface area contributed by atoms with Crippen LogP contribution in [0.4, 0.5) is 0 Å². The second-order valence-corrected chi connectivity index (χ2v) is 6.65. The molecule has 0 aliphatic carbocycles. The number of aromatic nitrogens is 1. The molecule has 1 aromatic heterocycles. The molecule has 1 saturated heterocycles. The van der Waals surface area contributed by atoms with Crippen molar-refractivity contribution in [2.45, 2.75) is 6.54 Å². The van der Waals surface area contributed by atoms with E-state index < -0.39 is 10.2 Å². The predicted molar refractivity (Wildman–Crippen MR) is 66.9 cm³/mol. The number of piperazine rings is 1. The van der Waals surface area contributed by atoms with Crippen molar-refractivity contribution in [3.05, 3.63) is 16.6 Å². The molecule has 1 aromatic rings. The van der Waals surface area contributed by atoms with Gasteiger partial charge >= 0.3 is 0 Å². The SMILES string of the molecule is CN(Cc1cscn1)S(=O)(=O)N1CCNCC1. The molecule has 0 radical (unpaired) electrons. The smallest absolute Gasteiger partial charge is 0.282 e. The number of nitrogens with zero attached hydrogens (tertiary/aromatic N) is 3. The zero-order valence-corrected chi connectivity index (χ0v) is 11.3. The van der Waals surface area contributed by atoms with E-state index in [4.69, 9.17) is 0 Å². The predicted octanol–water partition coefficient (Wildman–Crippen LogP) is -0.275. The summed E-state index contributed by atoms with van der Waals surface area (Å²) in [7, 11) is -1.75. The molecule has 2 heterocycles. The van der Waals surface area contributed by atoms with E-state index in [-0.39, 0.29) is 0 Å². The maximum absolute atomic E-state index is 12.2. The van der Waals surface area contributed by atoms with Gasteiger partial charge in [-0.1, -0.05) is 0 Å². The third-order valence-electron chi connectivity index (χ3n) is 2.66. The van der Waals surface area contributed by atoms with Gasteiger partial charge in [0.15, 0.2) is 0 Å². The van der Waals surface area contributed by atoms with Crippen molar-refractivity contribution >= 4 is 21.5 Å². The molecule has 0 aromatic carbocycles. The van der Waals surface area contributed by atoms with Gasteiger partial charge in [-0.05, 0) is 0 Å². The lowest BCUT2D eigenvalue weighted by molar-refractivity contribution is 0.324. The van der Waals surface area contributed by atoms with Crippen LogP contribution < -0.4 is 5.32 Å². The van der Waals surface area contributed by atoms with Crippen LogP contribution in [0.15, 0.2) is 10.9 Å². The first-order valence-corrected chi connectivity index (χ1v) is 7.74. The third-order valence-corrected chi connectivity index (χ3v) is 5.23. The summed E-state index contributed by atoms with van der Waals surface area (Å²) in [6.45, 7) is 2.82. The quantitative estimate of drug-likeness (QED) is 0.822. The zero-order valence-electron chi connectivity index (χ0n) is 9.66. The Hall–Kier alpha value is -0.540. The van der Waals surface area contributed by atoms with E-state index in [2.05, 4.69) is 10.3 Å². The minimum absolute atomic E-state index is 0.329. The van der Waals surface area contributed by atoms with E-state index in [1.807, 2.05) is 5.38 Å². The largest absolute Gasteiger partial charge is 0.314 e. The Morgan fingerprint density at radius 3 is 2.82 bits per heavy atom. The lowest BCUT2D eigenvalue weighted by atomic mass is 10.4. The molecule has 1 N–H and O–H groups in total. The monoisotopic (exact) mass is 276 g/mol. The molecule has 0 bridgehead atoms. The van der Waals surface area contributed by atoms with Gasteiger partial charge in [0.05, 0.1) is 17.7 Å². The molecule has 17 heavy (non-hydrogen) atoms. The molecule has 0 amide bonds. The Balaban J connectivity index is 2.03. The Kier molecular flexibility index (Phi) is 4.10. The average molecular weight is 276 g/mol. The fraction of sp³-hybridized carbons (Fsp3) is 0.667. The van der Waals surface area contributed by atoms with Crippen molar-refractivity contribution in [3.8, 4) is 0 Å². The summed E-state index contributed by atoms with van der Waals surface area (Å²) >= 11 is 1.47. The molecule has 8 heteroatoms. The van der Waals surface area contributed by atoms with Crippen LogP contribution in [0.3, 0.4) is 0 Å². The Bertz CT molecular complexity index is 440. The highest BCUT2D eigenvalue weighted by molar-refractivity contribution is 7.86. The Labute approximate surface area is 105 Å². The fourth-order valence-corrected chi connectivity index (χ4v) is 3.58. The van der Waals surface area contributed by atoms with Crippen molar-refractivity contribution in [2.75, 3.05) is 33.2 Å². The molecule has 1 aliphatic heterocycles. The van der Waals surface area contributed by atoms with Gasteiger partial charge in [-0.2, -0.15) is 17.0 Å². The number of nitrogens with one attached hydrogen (secondary N) is 1. The molecule has 96 valence electrons. The average Bonchev–Trinajstić information content (AvgIpc) is 2.83. The summed E-state index contributed by atoms with van der Waals surface area (Å²) in [5.41, 5.74) is 2.50. The van der Waals surface area contributed by atoms with Crippen LogP contribution in [0.1, 0.15) is 5.69 Å². The third kappa shape index (κ3) is 3.02. The topological polar surface area (TPSA) is 65.5 Å². The molecule has 0 saturated carbocycles. The van der Waals surface area contributed by atoms with E-state index in [1.54, 1.807) is 12.6 Å². The van der Waals surface area contributed by atoms with Gasteiger partial charge in [-0.25, -0.2) is 4.98 Å². The standard InChI is InChI=1S/C9H16N4O2S2/c1-12(6-9-7-16-8-11-9)17(14,15)13-4-2-10-3-5-13/h7-8,10H,2-6H2,1H3. The van der Waals surface area contributed by atoms with E-state index >= 15 is 0 Å². The first kappa shape index (κ1) is 12.9. The minimum atomic E-state index is -3.35. The van der Waals surface area contributed by atoms with E-state index in [9.17, 15) is 8.42 Å². The van der Waals surface area contributed by atoms with Gasteiger partial charge in [-0.3, -0.25) is 0 Å². The van der Waals surface area contributed by atoms with Crippen LogP contribution in [0, 0.1) is 0 Å².